The van der Waals surface area contributed by atoms with Crippen molar-refractivity contribution in [1.82, 2.24) is 4.98 Å². The zero-order valence-electron chi connectivity index (χ0n) is 17.6. The number of hydrogen-bond acceptors (Lipinski definition) is 6. The number of aromatic nitrogens is 1. The van der Waals surface area contributed by atoms with Crippen LogP contribution in [-0.2, 0) is 9.53 Å². The van der Waals surface area contributed by atoms with Crippen LogP contribution in [0.3, 0.4) is 0 Å². The number of aliphatic carboxylic acids is 1. The number of carboxylic acids is 1. The van der Waals surface area contributed by atoms with E-state index >= 15 is 0 Å². The number of benzene rings is 2. The maximum Gasteiger partial charge on any atom is 0.347 e. The Morgan fingerprint density at radius 3 is 2.52 bits per heavy atom. The van der Waals surface area contributed by atoms with E-state index < -0.39 is 11.6 Å². The monoisotopic (exact) mass is 443 g/mol. The van der Waals surface area contributed by atoms with Crippen LogP contribution in [0.2, 0.25) is 0 Å². The highest BCUT2D eigenvalue weighted by molar-refractivity contribution is 7.22. The van der Waals surface area contributed by atoms with Gasteiger partial charge in [-0.2, -0.15) is 0 Å². The third-order valence-corrected chi connectivity index (χ3v) is 5.40. The van der Waals surface area contributed by atoms with Gasteiger partial charge in [0, 0.05) is 12.3 Å². The van der Waals surface area contributed by atoms with Gasteiger partial charge in [0.2, 0.25) is 0 Å². The normalized spacial score (nSPS) is 11.3. The van der Waals surface area contributed by atoms with Gasteiger partial charge >= 0.3 is 12.0 Å². The molecule has 0 aliphatic rings. The summed E-state index contributed by atoms with van der Waals surface area (Å²) in [5, 5.41) is 12.6. The zero-order valence-corrected chi connectivity index (χ0v) is 18.4. The van der Waals surface area contributed by atoms with Gasteiger partial charge in [0.25, 0.3) is 0 Å². The predicted molar refractivity (Wildman–Crippen MR) is 121 cm³/mol. The average molecular weight is 444 g/mol. The number of thiazole rings is 1. The molecule has 3 rings (SSSR count). The molecular weight excluding hydrogens is 418 g/mol. The van der Waals surface area contributed by atoms with Crippen LogP contribution < -0.4 is 15.0 Å². The van der Waals surface area contributed by atoms with Crippen molar-refractivity contribution < 1.29 is 24.2 Å². The van der Waals surface area contributed by atoms with Crippen LogP contribution in [0.25, 0.3) is 10.2 Å². The largest absolute Gasteiger partial charge is 0.478 e. The van der Waals surface area contributed by atoms with E-state index in [2.05, 4.69) is 10.3 Å². The molecule has 0 saturated carbocycles. The number of anilines is 2. The molecule has 8 nitrogen and oxygen atoms in total. The fourth-order valence-corrected chi connectivity index (χ4v) is 3.62. The number of carbonyl (C=O) groups excluding carboxylic acids is 1. The molecule has 0 aliphatic heterocycles. The van der Waals surface area contributed by atoms with Gasteiger partial charge in [0.1, 0.15) is 5.75 Å². The van der Waals surface area contributed by atoms with Crippen molar-refractivity contribution >= 4 is 44.4 Å². The van der Waals surface area contributed by atoms with Crippen molar-refractivity contribution in [2.75, 3.05) is 30.0 Å². The molecular formula is C22H25N3O5S. The number of ether oxygens (including phenoxy) is 2. The number of urea groups is 1. The molecule has 2 N–H and O–H groups in total. The summed E-state index contributed by atoms with van der Waals surface area (Å²) in [4.78, 5) is 30.3. The summed E-state index contributed by atoms with van der Waals surface area (Å²) in [6, 6.07) is 14.0. The van der Waals surface area contributed by atoms with E-state index in [9.17, 15) is 14.7 Å². The summed E-state index contributed by atoms with van der Waals surface area (Å²) >= 11 is 1.40. The Hall–Kier alpha value is -3.17. The SMILES string of the molecule is CCOCCN(C(=O)Nc1nc2ccccc2s1)c1ccc(OC(C)(C)C(=O)O)cc1. The van der Waals surface area contributed by atoms with E-state index in [0.29, 0.717) is 36.3 Å². The Morgan fingerprint density at radius 1 is 1.16 bits per heavy atom. The lowest BCUT2D eigenvalue weighted by molar-refractivity contribution is -0.152. The molecule has 0 saturated heterocycles. The van der Waals surface area contributed by atoms with E-state index in [1.54, 1.807) is 29.2 Å². The molecule has 9 heteroatoms. The Bertz CT molecular complexity index is 1020. The Kier molecular flexibility index (Phi) is 7.09. The summed E-state index contributed by atoms with van der Waals surface area (Å²) < 4.78 is 11.9. The highest BCUT2D eigenvalue weighted by Crippen LogP contribution is 2.27. The fraction of sp³-hybridized carbons (Fsp3) is 0.318. The highest BCUT2D eigenvalue weighted by Gasteiger charge is 2.29. The summed E-state index contributed by atoms with van der Waals surface area (Å²) in [7, 11) is 0. The van der Waals surface area contributed by atoms with Gasteiger partial charge < -0.3 is 14.6 Å². The molecule has 0 atom stereocenters. The molecule has 2 amide bonds. The minimum Gasteiger partial charge on any atom is -0.478 e. The number of fused-ring (bicyclic) bond motifs is 1. The van der Waals surface area contributed by atoms with Crippen molar-refractivity contribution in [1.29, 1.82) is 0 Å². The van der Waals surface area contributed by atoms with Gasteiger partial charge in [0.15, 0.2) is 10.7 Å². The number of hydrogen-bond donors (Lipinski definition) is 2. The van der Waals surface area contributed by atoms with Gasteiger partial charge in [-0.3, -0.25) is 10.2 Å². The number of carboxylic acid groups (broad SMARTS) is 1. The highest BCUT2D eigenvalue weighted by atomic mass is 32.1. The first-order valence-corrected chi connectivity index (χ1v) is 10.7. The second-order valence-corrected chi connectivity index (χ2v) is 8.21. The smallest absolute Gasteiger partial charge is 0.347 e. The quantitative estimate of drug-likeness (QED) is 0.468. The van der Waals surface area contributed by atoms with Crippen LogP contribution >= 0.6 is 11.3 Å². The Labute approximate surface area is 184 Å². The Balaban J connectivity index is 1.77. The van der Waals surface area contributed by atoms with Crippen LogP contribution in [0.1, 0.15) is 20.8 Å². The maximum absolute atomic E-state index is 13.0. The minimum absolute atomic E-state index is 0.335. The number of rotatable bonds is 9. The first kappa shape index (κ1) is 22.5. The van der Waals surface area contributed by atoms with Crippen molar-refractivity contribution in [2.45, 2.75) is 26.4 Å². The van der Waals surface area contributed by atoms with Crippen LogP contribution in [0, 0.1) is 0 Å². The third kappa shape index (κ3) is 5.71. The standard InChI is InChI=1S/C22H25N3O5S/c1-4-29-14-13-25(15-9-11-16(12-10-15)30-22(2,3)19(26)27)21(28)24-20-23-17-7-5-6-8-18(17)31-20/h5-12H,4,13-14H2,1-3H3,(H,26,27)(H,23,24,28). The summed E-state index contributed by atoms with van der Waals surface area (Å²) in [6.45, 7) is 6.10. The first-order valence-electron chi connectivity index (χ1n) is 9.84. The maximum atomic E-state index is 13.0. The molecule has 1 aromatic heterocycles. The molecule has 0 bridgehead atoms. The third-order valence-electron chi connectivity index (χ3n) is 4.45. The van der Waals surface area contributed by atoms with Crippen molar-refractivity contribution in [3.05, 3.63) is 48.5 Å². The van der Waals surface area contributed by atoms with Gasteiger partial charge in [-0.25, -0.2) is 14.6 Å². The molecule has 2 aromatic carbocycles. The second-order valence-electron chi connectivity index (χ2n) is 7.18. The molecule has 0 spiro atoms. The van der Waals surface area contributed by atoms with Gasteiger partial charge in [-0.15, -0.1) is 0 Å². The van der Waals surface area contributed by atoms with Crippen LogP contribution in [0.15, 0.2) is 48.5 Å². The van der Waals surface area contributed by atoms with E-state index in [4.69, 9.17) is 9.47 Å². The van der Waals surface area contributed by atoms with E-state index in [1.165, 1.54) is 25.2 Å². The lowest BCUT2D eigenvalue weighted by atomic mass is 10.1. The topological polar surface area (TPSA) is 101 Å². The lowest BCUT2D eigenvalue weighted by Gasteiger charge is -2.24. The predicted octanol–water partition coefficient (Wildman–Crippen LogP) is 4.61. The van der Waals surface area contributed by atoms with Crippen molar-refractivity contribution in [3.63, 3.8) is 0 Å². The number of amides is 2. The molecule has 1 heterocycles. The lowest BCUT2D eigenvalue weighted by Crippen LogP contribution is -2.38. The average Bonchev–Trinajstić information content (AvgIpc) is 3.14. The minimum atomic E-state index is -1.36. The second kappa shape index (κ2) is 9.76. The summed E-state index contributed by atoms with van der Waals surface area (Å²) in [6.07, 6.45) is 0. The van der Waals surface area contributed by atoms with Crippen molar-refractivity contribution in [3.8, 4) is 5.75 Å². The van der Waals surface area contributed by atoms with E-state index in [1.807, 2.05) is 31.2 Å². The summed E-state index contributed by atoms with van der Waals surface area (Å²) in [5.41, 5.74) is 0.0884. The molecule has 0 fully saturated rings. The number of carbonyl (C=O) groups is 2. The molecule has 164 valence electrons. The van der Waals surface area contributed by atoms with Crippen LogP contribution in [0.4, 0.5) is 15.6 Å². The zero-order chi connectivity index (χ0) is 22.4. The number of para-hydroxylation sites is 1. The van der Waals surface area contributed by atoms with Gasteiger partial charge in [-0.05, 0) is 57.2 Å². The summed E-state index contributed by atoms with van der Waals surface area (Å²) in [5.74, 6) is -0.669. The molecule has 31 heavy (non-hydrogen) atoms. The fourth-order valence-electron chi connectivity index (χ4n) is 2.77. The first-order chi connectivity index (χ1) is 14.8. The Morgan fingerprint density at radius 2 is 1.87 bits per heavy atom. The molecule has 0 radical (unpaired) electrons. The van der Waals surface area contributed by atoms with Crippen LogP contribution in [-0.4, -0.2) is 47.5 Å². The van der Waals surface area contributed by atoms with Gasteiger partial charge in [0.05, 0.1) is 23.4 Å². The van der Waals surface area contributed by atoms with E-state index in [-0.39, 0.29) is 6.03 Å². The van der Waals surface area contributed by atoms with Gasteiger partial charge in [-0.1, -0.05) is 23.5 Å². The van der Waals surface area contributed by atoms with E-state index in [0.717, 1.165) is 10.2 Å². The number of nitrogens with zero attached hydrogens (tertiary/aromatic N) is 2. The van der Waals surface area contributed by atoms with Crippen molar-refractivity contribution in [2.24, 2.45) is 0 Å². The molecule has 0 unspecified atom stereocenters. The van der Waals surface area contributed by atoms with Crippen LogP contribution in [0.5, 0.6) is 5.75 Å². The molecule has 3 aromatic rings. The molecule has 0 aliphatic carbocycles. The number of nitrogens with one attached hydrogen (secondary N) is 1.